The Morgan fingerprint density at radius 1 is 1.22 bits per heavy atom. The van der Waals surface area contributed by atoms with Gasteiger partial charge >= 0.3 is 5.00 Å². The van der Waals surface area contributed by atoms with Gasteiger partial charge < -0.3 is 5.32 Å². The number of halogens is 1. The average Bonchev–Trinajstić information content (AvgIpc) is 3.17. The van der Waals surface area contributed by atoms with Crippen LogP contribution >= 0.6 is 22.7 Å². The molecule has 116 valence electrons. The highest BCUT2D eigenvalue weighted by molar-refractivity contribution is 7.17. The van der Waals surface area contributed by atoms with Crippen LogP contribution in [0, 0.1) is 15.9 Å². The highest BCUT2D eigenvalue weighted by atomic mass is 32.1. The Morgan fingerprint density at radius 3 is 2.61 bits per heavy atom. The van der Waals surface area contributed by atoms with Gasteiger partial charge in [0.2, 0.25) is 0 Å². The summed E-state index contributed by atoms with van der Waals surface area (Å²) in [5.74, 6) is -0.809. The van der Waals surface area contributed by atoms with Crippen LogP contribution < -0.4 is 5.32 Å². The van der Waals surface area contributed by atoms with Gasteiger partial charge in [0.15, 0.2) is 0 Å². The van der Waals surface area contributed by atoms with Crippen molar-refractivity contribution in [1.29, 1.82) is 0 Å². The molecule has 0 aliphatic rings. The minimum Gasteiger partial charge on any atom is -0.311 e. The lowest BCUT2D eigenvalue weighted by atomic mass is 10.1. The zero-order chi connectivity index (χ0) is 16.4. The number of amides is 1. The Bertz CT molecular complexity index is 874. The maximum absolute atomic E-state index is 13.0. The first-order valence-corrected chi connectivity index (χ1v) is 7.99. The zero-order valence-corrected chi connectivity index (χ0v) is 13.0. The second-order valence-electron chi connectivity index (χ2n) is 4.39. The van der Waals surface area contributed by atoms with Crippen LogP contribution in [0.2, 0.25) is 0 Å². The predicted octanol–water partition coefficient (Wildman–Crippen LogP) is 4.17. The molecule has 2 aromatic heterocycles. The number of rotatable bonds is 4. The van der Waals surface area contributed by atoms with Crippen LogP contribution in [0.5, 0.6) is 0 Å². The van der Waals surface area contributed by atoms with Crippen LogP contribution in [0.15, 0.2) is 41.9 Å². The summed E-state index contributed by atoms with van der Waals surface area (Å²) in [5.41, 5.74) is 2.75. The lowest BCUT2D eigenvalue weighted by molar-refractivity contribution is -0.380. The molecule has 1 aromatic carbocycles. The van der Waals surface area contributed by atoms with E-state index in [0.717, 1.165) is 11.3 Å². The van der Waals surface area contributed by atoms with Gasteiger partial charge in [-0.25, -0.2) is 9.37 Å². The number of hydrogen-bond donors (Lipinski definition) is 1. The van der Waals surface area contributed by atoms with Crippen LogP contribution in [0.4, 0.5) is 14.4 Å². The number of nitrogens with one attached hydrogen (secondary N) is 1. The van der Waals surface area contributed by atoms with Crippen molar-refractivity contribution in [3.05, 3.63) is 62.7 Å². The molecule has 1 amide bonds. The first kappa shape index (κ1) is 15.3. The molecule has 0 aliphatic heterocycles. The summed E-state index contributed by atoms with van der Waals surface area (Å²) in [5, 5.41) is 13.7. The van der Waals surface area contributed by atoms with Gasteiger partial charge in [0.05, 0.1) is 15.3 Å². The molecule has 0 saturated heterocycles. The Labute approximate surface area is 137 Å². The van der Waals surface area contributed by atoms with E-state index in [4.69, 9.17) is 0 Å². The van der Waals surface area contributed by atoms with Gasteiger partial charge in [-0.1, -0.05) is 11.3 Å². The van der Waals surface area contributed by atoms with Gasteiger partial charge in [0.1, 0.15) is 16.5 Å². The standard InChI is InChI=1S/C14H8FN3O3S2/c15-9-3-1-8(2-4-9)12-14(22-7-16-12)17-13(19)10-5-6-11(23-10)18(20)21/h1-7H,(H,17,19). The van der Waals surface area contributed by atoms with E-state index in [-0.39, 0.29) is 15.7 Å². The maximum atomic E-state index is 13.0. The first-order valence-electron chi connectivity index (χ1n) is 6.29. The number of thiophene rings is 1. The molecule has 3 aromatic rings. The van der Waals surface area contributed by atoms with E-state index in [1.807, 2.05) is 0 Å². The van der Waals surface area contributed by atoms with Crippen molar-refractivity contribution in [2.45, 2.75) is 0 Å². The number of carbonyl (C=O) groups is 1. The fraction of sp³-hybridized carbons (Fsp3) is 0. The van der Waals surface area contributed by atoms with Gasteiger partial charge in [-0.2, -0.15) is 0 Å². The van der Waals surface area contributed by atoms with Gasteiger partial charge in [-0.15, -0.1) is 11.3 Å². The van der Waals surface area contributed by atoms with Crippen LogP contribution in [-0.4, -0.2) is 15.8 Å². The number of nitro groups is 1. The molecule has 23 heavy (non-hydrogen) atoms. The minimum absolute atomic E-state index is 0.0989. The molecule has 2 heterocycles. The van der Waals surface area contributed by atoms with Gasteiger partial charge in [0.25, 0.3) is 5.91 Å². The number of aromatic nitrogens is 1. The van der Waals surface area contributed by atoms with Gasteiger partial charge in [0, 0.05) is 11.6 Å². The predicted molar refractivity (Wildman–Crippen MR) is 86.4 cm³/mol. The third-order valence-electron chi connectivity index (χ3n) is 2.91. The van der Waals surface area contributed by atoms with Crippen molar-refractivity contribution < 1.29 is 14.1 Å². The molecule has 3 rings (SSSR count). The molecule has 1 N–H and O–H groups in total. The van der Waals surface area contributed by atoms with Crippen molar-refractivity contribution >= 4 is 38.6 Å². The van der Waals surface area contributed by atoms with Crippen molar-refractivity contribution in [1.82, 2.24) is 4.98 Å². The SMILES string of the molecule is O=C(Nc1scnc1-c1ccc(F)cc1)c1ccc([N+](=O)[O-])s1. The van der Waals surface area contributed by atoms with Crippen molar-refractivity contribution in [3.63, 3.8) is 0 Å². The lowest BCUT2D eigenvalue weighted by Gasteiger charge is -2.04. The normalized spacial score (nSPS) is 10.5. The summed E-state index contributed by atoms with van der Waals surface area (Å²) in [6, 6.07) is 8.43. The topological polar surface area (TPSA) is 85.1 Å². The van der Waals surface area contributed by atoms with E-state index in [2.05, 4.69) is 10.3 Å². The summed E-state index contributed by atoms with van der Waals surface area (Å²) in [4.78, 5) is 26.7. The highest BCUT2D eigenvalue weighted by Gasteiger charge is 2.18. The molecule has 9 heteroatoms. The molecule has 0 aliphatic carbocycles. The molecule has 0 fully saturated rings. The number of thiazole rings is 1. The Balaban J connectivity index is 1.83. The van der Waals surface area contributed by atoms with E-state index in [0.29, 0.717) is 16.3 Å². The Morgan fingerprint density at radius 2 is 1.96 bits per heavy atom. The van der Waals surface area contributed by atoms with E-state index < -0.39 is 10.8 Å². The highest BCUT2D eigenvalue weighted by Crippen LogP contribution is 2.32. The lowest BCUT2D eigenvalue weighted by Crippen LogP contribution is -2.09. The molecule has 0 unspecified atom stereocenters. The minimum atomic E-state index is -0.544. The largest absolute Gasteiger partial charge is 0.324 e. The molecule has 0 spiro atoms. The summed E-state index contributed by atoms with van der Waals surface area (Å²) in [7, 11) is 0. The average molecular weight is 349 g/mol. The van der Waals surface area contributed by atoms with Crippen LogP contribution in [-0.2, 0) is 0 Å². The van der Waals surface area contributed by atoms with Crippen molar-refractivity contribution in [2.24, 2.45) is 0 Å². The summed E-state index contributed by atoms with van der Waals surface area (Å²) < 4.78 is 13.0. The van der Waals surface area contributed by atoms with E-state index in [9.17, 15) is 19.3 Å². The Kier molecular flexibility index (Phi) is 4.13. The van der Waals surface area contributed by atoms with E-state index in [1.54, 1.807) is 17.6 Å². The number of anilines is 1. The second kappa shape index (κ2) is 6.23. The molecule has 0 atom stereocenters. The molecule has 0 radical (unpaired) electrons. The second-order valence-corrected chi connectivity index (χ2v) is 6.30. The molecular formula is C14H8FN3O3S2. The van der Waals surface area contributed by atoms with Crippen LogP contribution in [0.1, 0.15) is 9.67 Å². The number of hydrogen-bond acceptors (Lipinski definition) is 6. The fourth-order valence-electron chi connectivity index (χ4n) is 1.86. The van der Waals surface area contributed by atoms with Crippen LogP contribution in [0.25, 0.3) is 11.3 Å². The molecule has 0 saturated carbocycles. The Hall–Kier alpha value is -2.65. The summed E-state index contributed by atoms with van der Waals surface area (Å²) in [6.45, 7) is 0. The van der Waals surface area contributed by atoms with E-state index >= 15 is 0 Å². The monoisotopic (exact) mass is 349 g/mol. The van der Waals surface area contributed by atoms with Crippen molar-refractivity contribution in [3.8, 4) is 11.3 Å². The van der Waals surface area contributed by atoms with Crippen LogP contribution in [0.3, 0.4) is 0 Å². The zero-order valence-electron chi connectivity index (χ0n) is 11.4. The fourth-order valence-corrected chi connectivity index (χ4v) is 3.27. The van der Waals surface area contributed by atoms with E-state index in [1.165, 1.54) is 35.6 Å². The quantitative estimate of drug-likeness (QED) is 0.566. The molecule has 0 bridgehead atoms. The number of nitrogens with zero attached hydrogens (tertiary/aromatic N) is 2. The smallest absolute Gasteiger partial charge is 0.311 e. The number of benzene rings is 1. The molecule has 6 nitrogen and oxygen atoms in total. The van der Waals surface area contributed by atoms with Gasteiger partial charge in [-0.3, -0.25) is 14.9 Å². The third kappa shape index (κ3) is 3.25. The summed E-state index contributed by atoms with van der Waals surface area (Å²) in [6.07, 6.45) is 0. The number of carbonyl (C=O) groups excluding carboxylic acids is 1. The summed E-state index contributed by atoms with van der Waals surface area (Å²) >= 11 is 2.02. The first-order chi connectivity index (χ1) is 11.0. The third-order valence-corrected chi connectivity index (χ3v) is 4.69. The van der Waals surface area contributed by atoms with Gasteiger partial charge in [-0.05, 0) is 30.3 Å². The maximum Gasteiger partial charge on any atom is 0.324 e. The van der Waals surface area contributed by atoms with Crippen molar-refractivity contribution in [2.75, 3.05) is 5.32 Å². The molecular weight excluding hydrogens is 341 g/mol.